The summed E-state index contributed by atoms with van der Waals surface area (Å²) in [5.74, 6) is 1.50. The zero-order chi connectivity index (χ0) is 19.6. The average molecular weight is 506 g/mol. The van der Waals surface area contributed by atoms with E-state index in [1.165, 1.54) is 5.56 Å². The molecule has 1 heterocycles. The third-order valence-electron chi connectivity index (χ3n) is 5.23. The number of nitrogens with zero attached hydrogens (tertiary/aromatic N) is 2. The van der Waals surface area contributed by atoms with E-state index in [2.05, 4.69) is 50.9 Å². The van der Waals surface area contributed by atoms with Crippen LogP contribution in [0.1, 0.15) is 24.0 Å². The highest BCUT2D eigenvalue weighted by molar-refractivity contribution is 14.0. The van der Waals surface area contributed by atoms with Crippen LogP contribution in [0.25, 0.3) is 0 Å². The van der Waals surface area contributed by atoms with Gasteiger partial charge in [0.05, 0.1) is 6.54 Å². The van der Waals surface area contributed by atoms with Crippen LogP contribution in [0.3, 0.4) is 0 Å². The molecule has 5 nitrogen and oxygen atoms in total. The Morgan fingerprint density at radius 3 is 2.14 bits per heavy atom. The Labute approximate surface area is 191 Å². The number of benzene rings is 2. The van der Waals surface area contributed by atoms with Crippen molar-refractivity contribution in [3.05, 3.63) is 71.8 Å². The first kappa shape index (κ1) is 23.2. The second kappa shape index (κ2) is 12.5. The SMILES string of the molecule is CN=C(NCC(=O)NCc1ccccc1)N1CCC(Cc2ccccc2)CC1.I. The largest absolute Gasteiger partial charge is 0.350 e. The van der Waals surface area contributed by atoms with Gasteiger partial charge >= 0.3 is 0 Å². The molecule has 1 fully saturated rings. The lowest BCUT2D eigenvalue weighted by molar-refractivity contribution is -0.120. The third kappa shape index (κ3) is 7.68. The lowest BCUT2D eigenvalue weighted by Gasteiger charge is -2.34. The Bertz CT molecular complexity index is 759. The highest BCUT2D eigenvalue weighted by Gasteiger charge is 2.21. The van der Waals surface area contributed by atoms with Crippen LogP contribution < -0.4 is 10.6 Å². The van der Waals surface area contributed by atoms with Crippen molar-refractivity contribution in [1.82, 2.24) is 15.5 Å². The maximum absolute atomic E-state index is 12.1. The van der Waals surface area contributed by atoms with Gasteiger partial charge in [-0.1, -0.05) is 60.7 Å². The molecule has 0 unspecified atom stereocenters. The van der Waals surface area contributed by atoms with Gasteiger partial charge in [-0.15, -0.1) is 24.0 Å². The quantitative estimate of drug-likeness (QED) is 0.359. The van der Waals surface area contributed by atoms with Gasteiger partial charge in [0.1, 0.15) is 0 Å². The van der Waals surface area contributed by atoms with Crippen LogP contribution in [0.2, 0.25) is 0 Å². The van der Waals surface area contributed by atoms with E-state index in [0.717, 1.165) is 43.9 Å². The number of hydrogen-bond acceptors (Lipinski definition) is 2. The van der Waals surface area contributed by atoms with Gasteiger partial charge in [0, 0.05) is 26.7 Å². The van der Waals surface area contributed by atoms with Gasteiger partial charge in [0.2, 0.25) is 5.91 Å². The molecule has 0 radical (unpaired) electrons. The van der Waals surface area contributed by atoms with Gasteiger partial charge < -0.3 is 15.5 Å². The molecule has 1 amide bonds. The average Bonchev–Trinajstić information content (AvgIpc) is 2.75. The Hall–Kier alpha value is -2.09. The predicted molar refractivity (Wildman–Crippen MR) is 130 cm³/mol. The molecule has 3 rings (SSSR count). The van der Waals surface area contributed by atoms with Crippen LogP contribution >= 0.6 is 24.0 Å². The van der Waals surface area contributed by atoms with Crippen molar-refractivity contribution in [3.63, 3.8) is 0 Å². The Morgan fingerprint density at radius 2 is 1.55 bits per heavy atom. The van der Waals surface area contributed by atoms with Crippen molar-refractivity contribution in [2.24, 2.45) is 10.9 Å². The summed E-state index contributed by atoms with van der Waals surface area (Å²) in [4.78, 5) is 18.7. The highest BCUT2D eigenvalue weighted by atomic mass is 127. The monoisotopic (exact) mass is 506 g/mol. The smallest absolute Gasteiger partial charge is 0.239 e. The van der Waals surface area contributed by atoms with Crippen molar-refractivity contribution in [2.75, 3.05) is 26.7 Å². The van der Waals surface area contributed by atoms with Gasteiger partial charge in [0.15, 0.2) is 5.96 Å². The van der Waals surface area contributed by atoms with Gasteiger partial charge in [0.25, 0.3) is 0 Å². The van der Waals surface area contributed by atoms with Crippen molar-refractivity contribution < 1.29 is 4.79 Å². The normalized spacial score (nSPS) is 14.8. The lowest BCUT2D eigenvalue weighted by Crippen LogP contribution is -2.48. The fourth-order valence-corrected chi connectivity index (χ4v) is 3.65. The number of likely N-dealkylation sites (tertiary alicyclic amines) is 1. The van der Waals surface area contributed by atoms with E-state index in [1.54, 1.807) is 7.05 Å². The molecule has 0 aromatic heterocycles. The summed E-state index contributed by atoms with van der Waals surface area (Å²) in [7, 11) is 1.78. The first-order valence-corrected chi connectivity index (χ1v) is 10.0. The van der Waals surface area contributed by atoms with Crippen LogP contribution in [0.4, 0.5) is 0 Å². The van der Waals surface area contributed by atoms with Gasteiger partial charge in [-0.3, -0.25) is 9.79 Å². The van der Waals surface area contributed by atoms with Gasteiger partial charge in [-0.25, -0.2) is 0 Å². The Balaban J connectivity index is 0.00000300. The standard InChI is InChI=1S/C23H30N4O.HI/c1-24-23(26-18-22(28)25-17-21-10-6-3-7-11-21)27-14-12-20(13-15-27)16-19-8-4-2-5-9-19;/h2-11,20H,12-18H2,1H3,(H,24,26)(H,25,28);1H. The molecule has 156 valence electrons. The first-order chi connectivity index (χ1) is 13.7. The predicted octanol–water partition coefficient (Wildman–Crippen LogP) is 3.45. The molecule has 2 N–H and O–H groups in total. The van der Waals surface area contributed by atoms with Gasteiger partial charge in [-0.05, 0) is 36.3 Å². The number of carbonyl (C=O) groups is 1. The summed E-state index contributed by atoms with van der Waals surface area (Å²) < 4.78 is 0. The molecule has 0 aliphatic carbocycles. The molecule has 6 heteroatoms. The summed E-state index contributed by atoms with van der Waals surface area (Å²) in [5, 5.41) is 6.14. The van der Waals surface area contributed by atoms with Gasteiger partial charge in [-0.2, -0.15) is 0 Å². The van der Waals surface area contributed by atoms with Crippen molar-refractivity contribution in [1.29, 1.82) is 0 Å². The van der Waals surface area contributed by atoms with E-state index in [-0.39, 0.29) is 36.4 Å². The molecule has 1 saturated heterocycles. The highest BCUT2D eigenvalue weighted by Crippen LogP contribution is 2.21. The summed E-state index contributed by atoms with van der Waals surface area (Å²) in [5.41, 5.74) is 2.51. The maximum Gasteiger partial charge on any atom is 0.239 e. The maximum atomic E-state index is 12.1. The summed E-state index contributed by atoms with van der Waals surface area (Å²) >= 11 is 0. The summed E-state index contributed by atoms with van der Waals surface area (Å²) in [6.45, 7) is 2.74. The van der Waals surface area contributed by atoms with E-state index in [4.69, 9.17) is 0 Å². The number of rotatable bonds is 6. The lowest BCUT2D eigenvalue weighted by atomic mass is 9.90. The minimum absolute atomic E-state index is 0. The molecule has 2 aromatic rings. The summed E-state index contributed by atoms with van der Waals surface area (Å²) in [6, 6.07) is 20.6. The minimum atomic E-state index is -0.0241. The topological polar surface area (TPSA) is 56.7 Å². The van der Waals surface area contributed by atoms with E-state index in [0.29, 0.717) is 12.5 Å². The molecular formula is C23H31IN4O. The molecule has 0 saturated carbocycles. The third-order valence-corrected chi connectivity index (χ3v) is 5.23. The number of nitrogens with one attached hydrogen (secondary N) is 2. The second-order valence-electron chi connectivity index (χ2n) is 7.28. The number of aliphatic imine (C=N–C) groups is 1. The molecule has 0 bridgehead atoms. The molecule has 2 aromatic carbocycles. The molecule has 0 atom stereocenters. The summed E-state index contributed by atoms with van der Waals surface area (Å²) in [6.07, 6.45) is 3.44. The van der Waals surface area contributed by atoms with Crippen molar-refractivity contribution >= 4 is 35.8 Å². The van der Waals surface area contributed by atoms with E-state index < -0.39 is 0 Å². The molecule has 29 heavy (non-hydrogen) atoms. The zero-order valence-electron chi connectivity index (χ0n) is 17.0. The number of carbonyl (C=O) groups excluding carboxylic acids is 1. The van der Waals surface area contributed by atoms with Crippen LogP contribution in [0.5, 0.6) is 0 Å². The van der Waals surface area contributed by atoms with Crippen LogP contribution in [-0.2, 0) is 17.8 Å². The fraction of sp³-hybridized carbons (Fsp3) is 0.391. The number of halogens is 1. The number of amides is 1. The molecule has 1 aliphatic heterocycles. The van der Waals surface area contributed by atoms with Crippen LogP contribution in [-0.4, -0.2) is 43.4 Å². The van der Waals surface area contributed by atoms with E-state index >= 15 is 0 Å². The van der Waals surface area contributed by atoms with Crippen LogP contribution in [0.15, 0.2) is 65.7 Å². The Morgan fingerprint density at radius 1 is 0.966 bits per heavy atom. The van der Waals surface area contributed by atoms with Crippen molar-refractivity contribution in [3.8, 4) is 0 Å². The van der Waals surface area contributed by atoms with Crippen LogP contribution in [0, 0.1) is 5.92 Å². The number of hydrogen-bond donors (Lipinski definition) is 2. The first-order valence-electron chi connectivity index (χ1n) is 10.0. The molecular weight excluding hydrogens is 475 g/mol. The van der Waals surface area contributed by atoms with E-state index in [1.807, 2.05) is 30.3 Å². The van der Waals surface area contributed by atoms with Crippen molar-refractivity contribution in [2.45, 2.75) is 25.8 Å². The fourth-order valence-electron chi connectivity index (χ4n) is 3.65. The zero-order valence-corrected chi connectivity index (χ0v) is 19.3. The molecule has 1 aliphatic rings. The minimum Gasteiger partial charge on any atom is -0.350 e. The Kier molecular flexibility index (Phi) is 9.97. The second-order valence-corrected chi connectivity index (χ2v) is 7.28. The number of guanidine groups is 1. The van der Waals surface area contributed by atoms with E-state index in [9.17, 15) is 4.79 Å². The number of piperidine rings is 1. The molecule has 0 spiro atoms.